The van der Waals surface area contributed by atoms with Gasteiger partial charge in [0, 0.05) is 25.5 Å². The molecule has 0 bridgehead atoms. The molecule has 1 aromatic carbocycles. The lowest BCUT2D eigenvalue weighted by atomic mass is 10.0. The van der Waals surface area contributed by atoms with E-state index in [9.17, 15) is 18.0 Å². The fourth-order valence-corrected chi connectivity index (χ4v) is 4.11. The van der Waals surface area contributed by atoms with Gasteiger partial charge in [-0.2, -0.15) is 13.2 Å². The smallest absolute Gasteiger partial charge is 0.438 e. The summed E-state index contributed by atoms with van der Waals surface area (Å²) in [5.41, 5.74) is 6.13. The van der Waals surface area contributed by atoms with E-state index in [4.69, 9.17) is 10.5 Å². The van der Waals surface area contributed by atoms with Crippen molar-refractivity contribution in [3.63, 3.8) is 0 Å². The van der Waals surface area contributed by atoms with E-state index in [0.29, 0.717) is 22.6 Å². The van der Waals surface area contributed by atoms with Crippen LogP contribution in [0.2, 0.25) is 0 Å². The molecule has 2 N–H and O–H groups in total. The molecule has 0 unspecified atom stereocenters. The van der Waals surface area contributed by atoms with Crippen LogP contribution < -0.4 is 10.6 Å². The van der Waals surface area contributed by atoms with E-state index in [2.05, 4.69) is 44.8 Å². The number of hydrogen-bond acceptors (Lipinski definition) is 10. The monoisotopic (exact) mass is 524 g/mol. The van der Waals surface area contributed by atoms with Gasteiger partial charge in [-0.15, -0.1) is 21.6 Å². The van der Waals surface area contributed by atoms with Crippen molar-refractivity contribution >= 4 is 52.9 Å². The second kappa shape index (κ2) is 11.5. The number of carbonyl (C=O) groups excluding carboxylic acids is 1. The zero-order valence-corrected chi connectivity index (χ0v) is 20.6. The minimum Gasteiger partial charge on any atom is -0.462 e. The van der Waals surface area contributed by atoms with Gasteiger partial charge in [-0.05, 0) is 48.9 Å². The number of rotatable bonds is 5. The van der Waals surface area contributed by atoms with Crippen molar-refractivity contribution in [2.75, 3.05) is 30.8 Å². The van der Waals surface area contributed by atoms with Crippen molar-refractivity contribution < 1.29 is 22.7 Å². The summed E-state index contributed by atoms with van der Waals surface area (Å²) in [5.74, 6) is -0.312. The average molecular weight is 525 g/mol. The number of hydrogen-bond donors (Lipinski definition) is 2. The molecule has 186 valence electrons. The number of carbonyl (C=O) groups is 1. The maximum atomic E-state index is 12.3. The van der Waals surface area contributed by atoms with Crippen molar-refractivity contribution in [2.45, 2.75) is 25.3 Å². The van der Waals surface area contributed by atoms with Gasteiger partial charge in [0.05, 0.1) is 17.2 Å². The molecule has 0 saturated heterocycles. The molecule has 4 rings (SSSR count). The van der Waals surface area contributed by atoms with Gasteiger partial charge in [-0.25, -0.2) is 14.8 Å². The average Bonchev–Trinajstić information content (AvgIpc) is 3.32. The molecule has 0 amide bonds. The molecule has 0 fully saturated rings. The molecule has 1 aliphatic rings. The number of nitrogens with zero attached hydrogens (tertiary/aromatic N) is 5. The van der Waals surface area contributed by atoms with Gasteiger partial charge in [-0.3, -0.25) is 0 Å². The highest BCUT2D eigenvalue weighted by molar-refractivity contribution is 7.81. The highest BCUT2D eigenvalue weighted by Gasteiger charge is 2.19. The Morgan fingerprint density at radius 2 is 2.09 bits per heavy atom. The Kier molecular flexibility index (Phi) is 8.67. The predicted molar refractivity (Wildman–Crippen MR) is 133 cm³/mol. The Morgan fingerprint density at radius 1 is 1.34 bits per heavy atom. The Hall–Kier alpha value is -3.19. The Bertz CT molecular complexity index is 1200. The van der Waals surface area contributed by atoms with Crippen LogP contribution >= 0.6 is 24.0 Å². The third-order valence-corrected chi connectivity index (χ3v) is 5.73. The van der Waals surface area contributed by atoms with Crippen LogP contribution in [-0.4, -0.2) is 41.6 Å². The van der Waals surface area contributed by atoms with Crippen LogP contribution in [0.1, 0.15) is 29.3 Å². The molecule has 0 aliphatic carbocycles. The fraction of sp³-hybridized carbons (Fsp3) is 0.318. The number of benzene rings is 1. The van der Waals surface area contributed by atoms with Crippen molar-refractivity contribution in [3.05, 3.63) is 47.0 Å². The maximum Gasteiger partial charge on any atom is 0.438 e. The minimum absolute atomic E-state index is 0.153. The first-order valence-corrected chi connectivity index (χ1v) is 11.8. The summed E-state index contributed by atoms with van der Waals surface area (Å²) < 4.78 is 35.8. The van der Waals surface area contributed by atoms with E-state index in [1.54, 1.807) is 6.92 Å². The topological polar surface area (TPSA) is 106 Å². The molecule has 0 atom stereocenters. The fourth-order valence-electron chi connectivity index (χ4n) is 3.38. The molecule has 1 aliphatic heterocycles. The number of alkyl halides is 3. The number of fused-ring (bicyclic) bond motifs is 1. The lowest BCUT2D eigenvalue weighted by Gasteiger charge is -2.28. The molecule has 3 heterocycles. The number of azo groups is 1. The summed E-state index contributed by atoms with van der Waals surface area (Å²) in [6, 6.07) is 7.68. The maximum absolute atomic E-state index is 12.3. The van der Waals surface area contributed by atoms with Gasteiger partial charge in [-0.1, -0.05) is 18.7 Å². The number of nitrogen functional groups attached to an aromatic ring is 1. The summed E-state index contributed by atoms with van der Waals surface area (Å²) in [6.45, 7) is 3.04. The van der Waals surface area contributed by atoms with Crippen LogP contribution in [0.3, 0.4) is 0 Å². The van der Waals surface area contributed by atoms with E-state index >= 15 is 0 Å². The molecule has 0 saturated carbocycles. The zero-order valence-electron chi connectivity index (χ0n) is 18.9. The van der Waals surface area contributed by atoms with Gasteiger partial charge in [0.1, 0.15) is 16.9 Å². The van der Waals surface area contributed by atoms with Gasteiger partial charge < -0.3 is 15.4 Å². The van der Waals surface area contributed by atoms with E-state index in [-0.39, 0.29) is 12.6 Å². The lowest BCUT2D eigenvalue weighted by Crippen LogP contribution is -2.24. The summed E-state index contributed by atoms with van der Waals surface area (Å²) in [4.78, 5) is 23.9. The number of anilines is 2. The van der Waals surface area contributed by atoms with Gasteiger partial charge in [0.15, 0.2) is 0 Å². The molecule has 0 radical (unpaired) electrons. The first-order valence-electron chi connectivity index (χ1n) is 10.5. The molecule has 3 aromatic rings. The number of halogens is 3. The largest absolute Gasteiger partial charge is 0.462 e. The van der Waals surface area contributed by atoms with Crippen molar-refractivity contribution in [2.24, 2.45) is 10.2 Å². The van der Waals surface area contributed by atoms with Gasteiger partial charge in [0.2, 0.25) is 0 Å². The molecule has 8 nitrogen and oxygen atoms in total. The quantitative estimate of drug-likeness (QED) is 0.178. The van der Waals surface area contributed by atoms with Gasteiger partial charge >= 0.3 is 11.5 Å². The Morgan fingerprint density at radius 3 is 2.74 bits per heavy atom. The summed E-state index contributed by atoms with van der Waals surface area (Å²) >= 11 is 3.59. The van der Waals surface area contributed by atoms with Gasteiger partial charge in [0.25, 0.3) is 5.95 Å². The molecule has 35 heavy (non-hydrogen) atoms. The third kappa shape index (κ3) is 7.39. The molecular formula is C22H23F3N6O2S2. The first kappa shape index (κ1) is 26.4. The minimum atomic E-state index is -4.31. The summed E-state index contributed by atoms with van der Waals surface area (Å²) in [5, 5.41) is 10.4. The second-order valence-corrected chi connectivity index (χ2v) is 8.82. The Balaban J connectivity index is 0.000000623. The molecule has 2 aromatic heterocycles. The standard InChI is InChI=1S/C21H22N6O2S.CHF3S/c1-3-29-20(28)14-12-23-21(24-19(14)18-7-5-9-30-18)26-25-16-10-13-6-4-8-27(2)17(13)11-15(16)22;2-1(3,4)5/h5,7,9-12H,3-4,6,8,22H2,1-2H3;5H. The van der Waals surface area contributed by atoms with Crippen LogP contribution in [0.5, 0.6) is 0 Å². The van der Waals surface area contributed by atoms with Crippen LogP contribution in [-0.2, 0) is 11.2 Å². The molecule has 13 heteroatoms. The predicted octanol–water partition coefficient (Wildman–Crippen LogP) is 6.20. The van der Waals surface area contributed by atoms with Crippen molar-refractivity contribution in [3.8, 4) is 10.6 Å². The van der Waals surface area contributed by atoms with E-state index < -0.39 is 11.5 Å². The number of thiophene rings is 1. The lowest BCUT2D eigenvalue weighted by molar-refractivity contribution is -0.0303. The van der Waals surface area contributed by atoms with E-state index in [1.807, 2.05) is 29.6 Å². The molecular weight excluding hydrogens is 501 g/mol. The molecule has 0 spiro atoms. The number of aryl methyl sites for hydroxylation is 1. The van der Waals surface area contributed by atoms with E-state index in [0.717, 1.165) is 30.0 Å². The van der Waals surface area contributed by atoms with Crippen LogP contribution in [0.4, 0.5) is 36.2 Å². The van der Waals surface area contributed by atoms with Crippen molar-refractivity contribution in [1.82, 2.24) is 9.97 Å². The number of nitrogens with two attached hydrogens (primary N) is 1. The second-order valence-electron chi connectivity index (χ2n) is 7.36. The highest BCUT2D eigenvalue weighted by atomic mass is 32.1. The normalized spacial score (nSPS) is 13.3. The number of aromatic nitrogens is 2. The number of ether oxygens (including phenoxy) is 1. The van der Waals surface area contributed by atoms with Crippen LogP contribution in [0, 0.1) is 0 Å². The SMILES string of the molecule is CCOC(=O)c1cnc(N=Nc2cc3c(cc2N)N(C)CCC3)nc1-c1cccs1.FC(F)(F)S. The third-order valence-electron chi connectivity index (χ3n) is 4.85. The Labute approximate surface area is 209 Å². The summed E-state index contributed by atoms with van der Waals surface area (Å²) in [6.07, 6.45) is 3.50. The van der Waals surface area contributed by atoms with Crippen LogP contribution in [0.15, 0.2) is 46.1 Å². The number of thiol groups is 1. The van der Waals surface area contributed by atoms with Crippen molar-refractivity contribution in [1.29, 1.82) is 0 Å². The zero-order chi connectivity index (χ0) is 25.6. The van der Waals surface area contributed by atoms with E-state index in [1.165, 1.54) is 23.1 Å². The number of esters is 1. The first-order chi connectivity index (χ1) is 16.6. The van der Waals surface area contributed by atoms with Crippen LogP contribution in [0.25, 0.3) is 10.6 Å². The highest BCUT2D eigenvalue weighted by Crippen LogP contribution is 2.35. The summed E-state index contributed by atoms with van der Waals surface area (Å²) in [7, 11) is 2.06.